The first-order valence-electron chi connectivity index (χ1n) is 9.59. The van der Waals surface area contributed by atoms with Gasteiger partial charge in [0, 0.05) is 24.2 Å². The number of allylic oxidation sites excluding steroid dienone is 6. The molecular formula is C23H39NO2S. The Kier molecular flexibility index (Phi) is 19.5. The molecule has 0 heterocycles. The van der Waals surface area contributed by atoms with E-state index in [1.165, 1.54) is 0 Å². The molecule has 27 heavy (non-hydrogen) atoms. The van der Waals surface area contributed by atoms with Gasteiger partial charge in [0.15, 0.2) is 0 Å². The Morgan fingerprint density at radius 3 is 2.19 bits per heavy atom. The van der Waals surface area contributed by atoms with Crippen LogP contribution in [0, 0.1) is 13.8 Å². The van der Waals surface area contributed by atoms with E-state index in [4.69, 9.17) is 9.84 Å². The van der Waals surface area contributed by atoms with E-state index < -0.39 is 0 Å². The van der Waals surface area contributed by atoms with E-state index in [9.17, 15) is 0 Å². The fraction of sp³-hybridized carbons (Fsp3) is 0.478. The first-order valence-corrected chi connectivity index (χ1v) is 10.0. The van der Waals surface area contributed by atoms with Gasteiger partial charge in [-0.1, -0.05) is 38.2 Å². The average Bonchev–Trinajstić information content (AvgIpc) is 2.69. The van der Waals surface area contributed by atoms with Crippen LogP contribution in [0.4, 0.5) is 0 Å². The van der Waals surface area contributed by atoms with E-state index in [0.29, 0.717) is 6.61 Å². The molecule has 0 saturated heterocycles. The first kappa shape index (κ1) is 27.6. The Labute approximate surface area is 172 Å². The van der Waals surface area contributed by atoms with Gasteiger partial charge in [-0.15, -0.1) is 12.6 Å². The van der Waals surface area contributed by atoms with Crippen LogP contribution in [0.25, 0.3) is 0 Å². The molecule has 0 bridgehead atoms. The number of nitrogens with one attached hydrogen (secondary N) is 1. The lowest BCUT2D eigenvalue weighted by molar-refractivity contribution is 0.285. The zero-order valence-corrected chi connectivity index (χ0v) is 19.1. The molecule has 0 fully saturated rings. The minimum atomic E-state index is 0.299. The first-order chi connectivity index (χ1) is 13.0. The van der Waals surface area contributed by atoms with Crippen LogP contribution in [0.15, 0.2) is 53.1 Å². The molecule has 0 spiro atoms. The molecule has 0 amide bonds. The maximum Gasteiger partial charge on any atom is 0.119 e. The van der Waals surface area contributed by atoms with Gasteiger partial charge in [-0.25, -0.2) is 0 Å². The predicted octanol–water partition coefficient (Wildman–Crippen LogP) is 6.01. The van der Waals surface area contributed by atoms with Gasteiger partial charge in [-0.3, -0.25) is 0 Å². The largest absolute Gasteiger partial charge is 0.497 e. The summed E-state index contributed by atoms with van der Waals surface area (Å²) in [5.41, 5.74) is 3.46. The monoisotopic (exact) mass is 393 g/mol. The number of benzene rings is 1. The Hall–Kier alpha value is -1.65. The van der Waals surface area contributed by atoms with Crippen molar-refractivity contribution in [3.8, 4) is 5.75 Å². The molecule has 2 N–H and O–H groups in total. The van der Waals surface area contributed by atoms with Crippen LogP contribution in [0.3, 0.4) is 0 Å². The van der Waals surface area contributed by atoms with E-state index in [0.717, 1.165) is 46.7 Å². The summed E-state index contributed by atoms with van der Waals surface area (Å²) in [6.07, 6.45) is 13.2. The maximum absolute atomic E-state index is 8.54. The Morgan fingerprint density at radius 2 is 1.70 bits per heavy atom. The van der Waals surface area contributed by atoms with Crippen molar-refractivity contribution in [1.82, 2.24) is 5.32 Å². The molecule has 0 saturated carbocycles. The molecule has 0 unspecified atom stereocenters. The number of aryl methyl sites for hydroxylation is 2. The molecule has 0 aliphatic carbocycles. The Morgan fingerprint density at radius 1 is 1.11 bits per heavy atom. The Balaban J connectivity index is 0. The lowest BCUT2D eigenvalue weighted by Crippen LogP contribution is -2.00. The van der Waals surface area contributed by atoms with Gasteiger partial charge in [0.25, 0.3) is 0 Å². The normalized spacial score (nSPS) is 10.9. The van der Waals surface area contributed by atoms with E-state index in [1.54, 1.807) is 7.11 Å². The number of thiol groups is 1. The summed E-state index contributed by atoms with van der Waals surface area (Å²) in [5, 5.41) is 11.6. The van der Waals surface area contributed by atoms with Crippen molar-refractivity contribution in [2.45, 2.75) is 58.8 Å². The van der Waals surface area contributed by atoms with Crippen molar-refractivity contribution in [3.05, 3.63) is 59.3 Å². The van der Waals surface area contributed by atoms with Gasteiger partial charge < -0.3 is 15.2 Å². The molecule has 0 aliphatic rings. The van der Waals surface area contributed by atoms with Crippen molar-refractivity contribution in [3.63, 3.8) is 0 Å². The van der Waals surface area contributed by atoms with Gasteiger partial charge in [0.2, 0.25) is 0 Å². The van der Waals surface area contributed by atoms with E-state index in [2.05, 4.69) is 24.0 Å². The van der Waals surface area contributed by atoms with Gasteiger partial charge in [0.1, 0.15) is 5.75 Å². The molecule has 0 aromatic heterocycles. The second-order valence-electron chi connectivity index (χ2n) is 5.74. The minimum absolute atomic E-state index is 0.299. The fourth-order valence-corrected chi connectivity index (χ4v) is 2.06. The lowest BCUT2D eigenvalue weighted by atomic mass is 10.1. The van der Waals surface area contributed by atoms with Gasteiger partial charge in [-0.2, -0.15) is 0 Å². The highest BCUT2D eigenvalue weighted by atomic mass is 32.1. The van der Waals surface area contributed by atoms with Crippen LogP contribution < -0.4 is 10.1 Å². The minimum Gasteiger partial charge on any atom is -0.497 e. The summed E-state index contributed by atoms with van der Waals surface area (Å²) >= 11 is 4.34. The molecule has 4 heteroatoms. The van der Waals surface area contributed by atoms with Gasteiger partial charge >= 0.3 is 0 Å². The summed E-state index contributed by atoms with van der Waals surface area (Å²) < 4.78 is 5.10. The molecule has 0 aliphatic heterocycles. The summed E-state index contributed by atoms with van der Waals surface area (Å²) in [4.78, 5) is 1.05. The Bertz CT molecular complexity index is 555. The van der Waals surface area contributed by atoms with Crippen LogP contribution in [0.1, 0.15) is 51.2 Å². The van der Waals surface area contributed by atoms with Crippen molar-refractivity contribution < 1.29 is 9.84 Å². The second-order valence-corrected chi connectivity index (χ2v) is 6.19. The van der Waals surface area contributed by atoms with Crippen LogP contribution in [0.5, 0.6) is 5.75 Å². The highest BCUT2D eigenvalue weighted by Gasteiger charge is 2.00. The average molecular weight is 394 g/mol. The number of methoxy groups -OCH3 is 1. The molecule has 3 nitrogen and oxygen atoms in total. The quantitative estimate of drug-likeness (QED) is 0.288. The highest BCUT2D eigenvalue weighted by Crippen LogP contribution is 2.23. The van der Waals surface area contributed by atoms with E-state index >= 15 is 0 Å². The van der Waals surface area contributed by atoms with Crippen molar-refractivity contribution in [1.29, 1.82) is 0 Å². The van der Waals surface area contributed by atoms with Crippen molar-refractivity contribution >= 4 is 12.6 Å². The third-order valence-electron chi connectivity index (χ3n) is 3.58. The molecular weight excluding hydrogens is 354 g/mol. The number of aliphatic hydroxyl groups is 1. The smallest absolute Gasteiger partial charge is 0.119 e. The molecule has 1 aromatic carbocycles. The predicted molar refractivity (Wildman–Crippen MR) is 123 cm³/mol. The van der Waals surface area contributed by atoms with Crippen LogP contribution in [-0.4, -0.2) is 25.9 Å². The second kappa shape index (κ2) is 19.1. The molecule has 154 valence electrons. The zero-order chi connectivity index (χ0) is 21.1. The summed E-state index contributed by atoms with van der Waals surface area (Å²) in [6, 6.07) is 3.96. The topological polar surface area (TPSA) is 41.5 Å². The number of unbranched alkanes of at least 4 members (excludes halogenated alkanes) is 2. The van der Waals surface area contributed by atoms with Crippen LogP contribution in [0.2, 0.25) is 0 Å². The third kappa shape index (κ3) is 15.1. The lowest BCUT2D eigenvalue weighted by Gasteiger charge is -2.06. The maximum atomic E-state index is 8.54. The summed E-state index contributed by atoms with van der Waals surface area (Å²) in [7, 11) is 3.58. The molecule has 0 radical (unpaired) electrons. The number of rotatable bonds is 8. The standard InChI is InChI=1S/C12H21NO.C9H12OS.C2H6/c1-12(13-2)10-8-6-4-3-5-7-9-11-14;1-6-4-8(10-3)5-7(2)9(6)11;1-2/h3-4,6,8,10,13-14H,5,7,9,11H2,1-2H3;4-5,11H,1-3H3;1-2H3/b4-3+,8-6-,12-10+;;. The fourth-order valence-electron chi connectivity index (χ4n) is 1.93. The number of ether oxygens (including phenoxy) is 1. The SMILES string of the molecule is CC.CN/C(C)=C/C=C\C=C\CCCCO.COc1cc(C)c(S)c(C)c1. The van der Waals surface area contributed by atoms with Gasteiger partial charge in [0.05, 0.1) is 7.11 Å². The highest BCUT2D eigenvalue weighted by molar-refractivity contribution is 7.80. The summed E-state index contributed by atoms with van der Waals surface area (Å²) in [6.45, 7) is 10.4. The van der Waals surface area contributed by atoms with Crippen LogP contribution >= 0.6 is 12.6 Å². The number of hydrogen-bond donors (Lipinski definition) is 3. The molecule has 1 aromatic rings. The third-order valence-corrected chi connectivity index (χ3v) is 4.28. The molecule has 1 rings (SSSR count). The van der Waals surface area contributed by atoms with Gasteiger partial charge in [-0.05, 0) is 69.4 Å². The van der Waals surface area contributed by atoms with E-state index in [1.807, 2.05) is 78.1 Å². The van der Waals surface area contributed by atoms with E-state index in [-0.39, 0.29) is 0 Å². The van der Waals surface area contributed by atoms with Crippen LogP contribution in [-0.2, 0) is 0 Å². The number of aliphatic hydroxyl groups excluding tert-OH is 1. The number of hydrogen-bond acceptors (Lipinski definition) is 4. The van der Waals surface area contributed by atoms with Crippen molar-refractivity contribution in [2.75, 3.05) is 20.8 Å². The molecule has 0 atom stereocenters. The van der Waals surface area contributed by atoms with Crippen molar-refractivity contribution in [2.24, 2.45) is 0 Å². The zero-order valence-electron chi connectivity index (χ0n) is 18.2. The summed E-state index contributed by atoms with van der Waals surface area (Å²) in [5.74, 6) is 0.901.